The van der Waals surface area contributed by atoms with Gasteiger partial charge in [-0.3, -0.25) is 4.79 Å². The van der Waals surface area contributed by atoms with Crippen LogP contribution in [0.4, 0.5) is 4.39 Å². The smallest absolute Gasteiger partial charge is 0.166 e. The van der Waals surface area contributed by atoms with Gasteiger partial charge in [0.1, 0.15) is 5.82 Å². The first kappa shape index (κ1) is 11.7. The van der Waals surface area contributed by atoms with E-state index in [1.807, 2.05) is 6.26 Å². The van der Waals surface area contributed by atoms with Gasteiger partial charge in [0.15, 0.2) is 5.78 Å². The lowest BCUT2D eigenvalue weighted by Crippen LogP contribution is -2.03. The summed E-state index contributed by atoms with van der Waals surface area (Å²) in [5.41, 5.74) is 0.174. The Hall–Kier alpha value is -0.350. The zero-order valence-electron chi connectivity index (χ0n) is 7.72. The van der Waals surface area contributed by atoms with E-state index in [1.54, 1.807) is 23.9 Å². The van der Waals surface area contributed by atoms with Crippen molar-refractivity contribution in [2.75, 3.05) is 12.0 Å². The van der Waals surface area contributed by atoms with E-state index in [1.165, 1.54) is 6.07 Å². The number of thioether (sulfide) groups is 1. The molecule has 4 heteroatoms. The molecule has 14 heavy (non-hydrogen) atoms. The summed E-state index contributed by atoms with van der Waals surface area (Å²) >= 11 is 4.63. The first-order chi connectivity index (χ1) is 6.66. The van der Waals surface area contributed by atoms with E-state index in [-0.39, 0.29) is 11.3 Å². The van der Waals surface area contributed by atoms with Crippen LogP contribution in [0.1, 0.15) is 16.8 Å². The number of ketones is 1. The second-order valence-corrected chi connectivity index (χ2v) is 4.61. The fourth-order valence-corrected chi connectivity index (χ4v) is 1.80. The zero-order valence-corrected chi connectivity index (χ0v) is 10.1. The van der Waals surface area contributed by atoms with Crippen molar-refractivity contribution in [3.63, 3.8) is 0 Å². The van der Waals surface area contributed by atoms with Gasteiger partial charge in [-0.15, -0.1) is 0 Å². The molecule has 0 spiro atoms. The minimum atomic E-state index is -0.460. The zero-order chi connectivity index (χ0) is 10.6. The molecule has 76 valence electrons. The number of halogens is 2. The molecule has 0 aliphatic carbocycles. The highest BCUT2D eigenvalue weighted by Crippen LogP contribution is 2.20. The van der Waals surface area contributed by atoms with Crippen molar-refractivity contribution in [3.8, 4) is 0 Å². The van der Waals surface area contributed by atoms with Crippen LogP contribution < -0.4 is 0 Å². The van der Waals surface area contributed by atoms with Gasteiger partial charge < -0.3 is 0 Å². The maximum atomic E-state index is 13.4. The number of carbonyl (C=O) groups excluding carboxylic acids is 1. The predicted molar refractivity (Wildman–Crippen MR) is 61.4 cm³/mol. The Kier molecular flexibility index (Phi) is 4.62. The maximum Gasteiger partial charge on any atom is 0.166 e. The van der Waals surface area contributed by atoms with Crippen molar-refractivity contribution in [2.45, 2.75) is 6.42 Å². The molecule has 0 heterocycles. The van der Waals surface area contributed by atoms with Gasteiger partial charge in [0.2, 0.25) is 0 Å². The fraction of sp³-hybridized carbons (Fsp3) is 0.300. The molecule has 0 aliphatic heterocycles. The number of benzene rings is 1. The summed E-state index contributed by atoms with van der Waals surface area (Å²) in [6.07, 6.45) is 2.30. The van der Waals surface area contributed by atoms with Crippen LogP contribution in [0.2, 0.25) is 0 Å². The van der Waals surface area contributed by atoms with E-state index in [4.69, 9.17) is 0 Å². The van der Waals surface area contributed by atoms with Crippen LogP contribution in [-0.4, -0.2) is 17.8 Å². The van der Waals surface area contributed by atoms with E-state index < -0.39 is 5.82 Å². The molecule has 0 bridgehead atoms. The van der Waals surface area contributed by atoms with Gasteiger partial charge in [-0.1, -0.05) is 6.07 Å². The summed E-state index contributed by atoms with van der Waals surface area (Å²) in [5, 5.41) is 0. The third kappa shape index (κ3) is 2.82. The van der Waals surface area contributed by atoms with Gasteiger partial charge >= 0.3 is 0 Å². The Balaban J connectivity index is 2.84. The summed E-state index contributed by atoms with van der Waals surface area (Å²) in [6, 6.07) is 4.77. The molecule has 0 saturated carbocycles. The van der Waals surface area contributed by atoms with Gasteiger partial charge in [-0.2, -0.15) is 11.8 Å². The second-order valence-electron chi connectivity index (χ2n) is 2.77. The topological polar surface area (TPSA) is 17.1 Å². The van der Waals surface area contributed by atoms with Gasteiger partial charge in [0, 0.05) is 12.2 Å². The minimum absolute atomic E-state index is 0.141. The van der Waals surface area contributed by atoms with Crippen LogP contribution in [0, 0.1) is 5.82 Å². The van der Waals surface area contributed by atoms with E-state index >= 15 is 0 Å². The molecule has 1 aromatic rings. The first-order valence-electron chi connectivity index (χ1n) is 4.13. The Labute approximate surface area is 95.2 Å². The number of hydrogen-bond acceptors (Lipinski definition) is 2. The second kappa shape index (κ2) is 5.51. The molecule has 0 atom stereocenters. The molecular formula is C10H10BrFOS. The molecule has 0 saturated heterocycles. The number of Topliss-reactive ketones (excluding diaryl/α,β-unsaturated/α-hetero) is 1. The molecule has 0 fully saturated rings. The Bertz CT molecular complexity index is 341. The van der Waals surface area contributed by atoms with Gasteiger partial charge in [-0.25, -0.2) is 4.39 Å². The summed E-state index contributed by atoms with van der Waals surface area (Å²) in [5.74, 6) is 0.127. The van der Waals surface area contributed by atoms with Gasteiger partial charge in [0.05, 0.1) is 10.0 Å². The number of hydrogen-bond donors (Lipinski definition) is 0. The quantitative estimate of drug-likeness (QED) is 0.783. The van der Waals surface area contributed by atoms with Crippen LogP contribution in [0.5, 0.6) is 0 Å². The predicted octanol–water partition coefficient (Wildman–Crippen LogP) is 3.52. The normalized spacial score (nSPS) is 10.2. The summed E-state index contributed by atoms with van der Waals surface area (Å²) in [4.78, 5) is 11.5. The lowest BCUT2D eigenvalue weighted by atomic mass is 10.1. The maximum absolute atomic E-state index is 13.4. The van der Waals surface area contributed by atoms with Crippen molar-refractivity contribution in [1.82, 2.24) is 0 Å². The Morgan fingerprint density at radius 1 is 1.57 bits per heavy atom. The monoisotopic (exact) mass is 276 g/mol. The largest absolute Gasteiger partial charge is 0.294 e. The van der Waals surface area contributed by atoms with E-state index in [0.717, 1.165) is 5.75 Å². The lowest BCUT2D eigenvalue weighted by Gasteiger charge is -2.02. The summed E-state index contributed by atoms with van der Waals surface area (Å²) in [7, 11) is 0. The Morgan fingerprint density at radius 3 is 2.93 bits per heavy atom. The average Bonchev–Trinajstić information content (AvgIpc) is 2.18. The van der Waals surface area contributed by atoms with Gasteiger partial charge in [0.25, 0.3) is 0 Å². The number of rotatable bonds is 4. The van der Waals surface area contributed by atoms with Crippen LogP contribution >= 0.6 is 27.7 Å². The molecule has 1 nitrogen and oxygen atoms in total. The van der Waals surface area contributed by atoms with Crippen molar-refractivity contribution in [1.29, 1.82) is 0 Å². The van der Waals surface area contributed by atoms with Gasteiger partial charge in [-0.05, 0) is 34.3 Å². The molecule has 0 amide bonds. The molecule has 0 aromatic heterocycles. The third-order valence-corrected chi connectivity index (χ3v) is 3.01. The summed E-state index contributed by atoms with van der Waals surface area (Å²) < 4.78 is 13.7. The fourth-order valence-electron chi connectivity index (χ4n) is 1.05. The summed E-state index contributed by atoms with van der Waals surface area (Å²) in [6.45, 7) is 0. The van der Waals surface area contributed by atoms with Crippen molar-refractivity contribution >= 4 is 33.5 Å². The van der Waals surface area contributed by atoms with E-state index in [2.05, 4.69) is 15.9 Å². The third-order valence-electron chi connectivity index (χ3n) is 1.79. The molecule has 1 aromatic carbocycles. The van der Waals surface area contributed by atoms with Crippen LogP contribution in [0.15, 0.2) is 22.7 Å². The lowest BCUT2D eigenvalue weighted by molar-refractivity contribution is 0.0985. The highest BCUT2D eigenvalue weighted by Gasteiger charge is 2.12. The Morgan fingerprint density at radius 2 is 2.29 bits per heavy atom. The molecule has 0 radical (unpaired) electrons. The minimum Gasteiger partial charge on any atom is -0.294 e. The highest BCUT2D eigenvalue weighted by molar-refractivity contribution is 9.10. The van der Waals surface area contributed by atoms with Crippen molar-refractivity contribution < 1.29 is 9.18 Å². The van der Waals surface area contributed by atoms with Crippen LogP contribution in [0.25, 0.3) is 0 Å². The molecule has 1 rings (SSSR count). The average molecular weight is 277 g/mol. The molecule has 0 unspecified atom stereocenters. The number of carbonyl (C=O) groups is 1. The van der Waals surface area contributed by atoms with Crippen LogP contribution in [0.3, 0.4) is 0 Å². The standard InChI is InChI=1S/C10H10BrFOS/c1-14-6-5-9(13)7-3-2-4-8(11)10(7)12/h2-4H,5-6H2,1H3. The SMILES string of the molecule is CSCCC(=O)c1cccc(Br)c1F. The molecule has 0 aliphatic rings. The first-order valence-corrected chi connectivity index (χ1v) is 6.31. The molecule has 0 N–H and O–H groups in total. The van der Waals surface area contributed by atoms with E-state index in [9.17, 15) is 9.18 Å². The molecular weight excluding hydrogens is 267 g/mol. The van der Waals surface area contributed by atoms with Crippen LogP contribution in [-0.2, 0) is 0 Å². The van der Waals surface area contributed by atoms with E-state index in [0.29, 0.717) is 10.9 Å². The highest BCUT2D eigenvalue weighted by atomic mass is 79.9. The van der Waals surface area contributed by atoms with Crippen molar-refractivity contribution in [3.05, 3.63) is 34.1 Å². The van der Waals surface area contributed by atoms with Crippen molar-refractivity contribution in [2.24, 2.45) is 0 Å².